The summed E-state index contributed by atoms with van der Waals surface area (Å²) in [6.45, 7) is 7.40. The van der Waals surface area contributed by atoms with E-state index in [-0.39, 0.29) is 11.8 Å². The number of nitrogens with zero attached hydrogens (tertiary/aromatic N) is 1. The Morgan fingerprint density at radius 1 is 0.778 bits per heavy atom. The van der Waals surface area contributed by atoms with Crippen molar-refractivity contribution in [2.24, 2.45) is 5.92 Å². The van der Waals surface area contributed by atoms with E-state index in [2.05, 4.69) is 24.5 Å². The number of carbonyl (C=O) groups excluding carboxylic acids is 2. The molecule has 0 radical (unpaired) electrons. The molecule has 1 heterocycles. The van der Waals surface area contributed by atoms with Gasteiger partial charge in [0.2, 0.25) is 5.91 Å². The second-order valence-electron chi connectivity index (χ2n) is 10.9. The van der Waals surface area contributed by atoms with Crippen molar-refractivity contribution in [3.05, 3.63) is 29.8 Å². The van der Waals surface area contributed by atoms with Crippen LogP contribution in [0.2, 0.25) is 0 Å². The first-order valence-corrected chi connectivity index (χ1v) is 15.0. The maximum atomic E-state index is 12.6. The fourth-order valence-electron chi connectivity index (χ4n) is 4.94. The van der Waals surface area contributed by atoms with Gasteiger partial charge in [-0.05, 0) is 56.0 Å². The zero-order chi connectivity index (χ0) is 25.8. The van der Waals surface area contributed by atoms with E-state index in [0.717, 1.165) is 44.6 Å². The van der Waals surface area contributed by atoms with Crippen LogP contribution >= 0.6 is 0 Å². The molecular weight excluding hydrogens is 446 g/mol. The molecule has 36 heavy (non-hydrogen) atoms. The van der Waals surface area contributed by atoms with Gasteiger partial charge in [0, 0.05) is 24.3 Å². The Hall–Kier alpha value is -1.88. The molecule has 2 N–H and O–H groups in total. The lowest BCUT2D eigenvalue weighted by molar-refractivity contribution is -0.115. The molecule has 2 rings (SSSR count). The molecule has 204 valence electrons. The van der Waals surface area contributed by atoms with Crippen LogP contribution in [0, 0.1) is 5.92 Å². The van der Waals surface area contributed by atoms with Crippen LogP contribution < -0.4 is 10.6 Å². The van der Waals surface area contributed by atoms with Gasteiger partial charge in [0.15, 0.2) is 0 Å². The van der Waals surface area contributed by atoms with E-state index < -0.39 is 0 Å². The molecule has 0 atom stereocenters. The standard InChI is InChI=1S/C31H53N3O2/c1-3-4-5-6-7-8-9-10-11-12-13-14-15-16-23-32-26-30(35)33-29-19-17-28(18-20-29)31(36)34-24-21-27(2)22-25-34/h17-20,27,32H,3-16,21-26H2,1-2H3,(H,33,35). The molecule has 0 spiro atoms. The van der Waals surface area contributed by atoms with E-state index >= 15 is 0 Å². The van der Waals surface area contributed by atoms with Crippen LogP contribution in [0.5, 0.6) is 0 Å². The molecule has 1 fully saturated rings. The summed E-state index contributed by atoms with van der Waals surface area (Å²) >= 11 is 0. The van der Waals surface area contributed by atoms with E-state index in [0.29, 0.717) is 18.0 Å². The van der Waals surface area contributed by atoms with Crippen molar-refractivity contribution in [3.63, 3.8) is 0 Å². The number of piperidine rings is 1. The van der Waals surface area contributed by atoms with Gasteiger partial charge in [-0.2, -0.15) is 0 Å². The molecule has 0 unspecified atom stereocenters. The summed E-state index contributed by atoms with van der Waals surface area (Å²) in [5, 5.41) is 6.17. The fourth-order valence-corrected chi connectivity index (χ4v) is 4.94. The molecule has 2 amide bonds. The van der Waals surface area contributed by atoms with E-state index in [9.17, 15) is 9.59 Å². The average Bonchev–Trinajstić information content (AvgIpc) is 2.89. The molecule has 0 bridgehead atoms. The minimum atomic E-state index is -0.0375. The molecule has 1 saturated heterocycles. The smallest absolute Gasteiger partial charge is 0.253 e. The number of nitrogens with one attached hydrogen (secondary N) is 2. The summed E-state index contributed by atoms with van der Waals surface area (Å²) in [7, 11) is 0. The van der Waals surface area contributed by atoms with Crippen LogP contribution in [0.4, 0.5) is 5.69 Å². The van der Waals surface area contributed by atoms with Gasteiger partial charge in [-0.25, -0.2) is 0 Å². The highest BCUT2D eigenvalue weighted by atomic mass is 16.2. The highest BCUT2D eigenvalue weighted by Crippen LogP contribution is 2.19. The Bertz CT molecular complexity index is 711. The number of anilines is 1. The van der Waals surface area contributed by atoms with E-state index in [4.69, 9.17) is 0 Å². The van der Waals surface area contributed by atoms with Crippen LogP contribution in [0.15, 0.2) is 24.3 Å². The van der Waals surface area contributed by atoms with E-state index in [1.807, 2.05) is 29.2 Å². The monoisotopic (exact) mass is 499 g/mol. The third-order valence-electron chi connectivity index (χ3n) is 7.48. The van der Waals surface area contributed by atoms with Gasteiger partial charge in [0.05, 0.1) is 6.54 Å². The van der Waals surface area contributed by atoms with Gasteiger partial charge in [-0.15, -0.1) is 0 Å². The number of carbonyl (C=O) groups is 2. The predicted molar refractivity (Wildman–Crippen MR) is 153 cm³/mol. The summed E-state index contributed by atoms with van der Waals surface area (Å²) < 4.78 is 0. The van der Waals surface area contributed by atoms with E-state index in [1.165, 1.54) is 83.5 Å². The van der Waals surface area contributed by atoms with Crippen LogP contribution in [-0.4, -0.2) is 42.9 Å². The zero-order valence-electron chi connectivity index (χ0n) is 23.3. The molecule has 0 saturated carbocycles. The summed E-state index contributed by atoms with van der Waals surface area (Å²) in [6.07, 6.45) is 21.2. The van der Waals surface area contributed by atoms with Gasteiger partial charge in [-0.1, -0.05) is 97.3 Å². The van der Waals surface area contributed by atoms with E-state index in [1.54, 1.807) is 0 Å². The maximum absolute atomic E-state index is 12.6. The first-order valence-electron chi connectivity index (χ1n) is 15.0. The van der Waals surface area contributed by atoms with Crippen molar-refractivity contribution in [1.82, 2.24) is 10.2 Å². The molecule has 1 aromatic carbocycles. The SMILES string of the molecule is CCCCCCCCCCCCCCCCNCC(=O)Nc1ccc(C(=O)N2CCC(C)CC2)cc1. The number of hydrogen-bond donors (Lipinski definition) is 2. The Morgan fingerprint density at radius 3 is 1.81 bits per heavy atom. The third kappa shape index (κ3) is 13.4. The number of likely N-dealkylation sites (tertiary alicyclic amines) is 1. The van der Waals surface area contributed by atoms with Crippen molar-refractivity contribution in [2.45, 2.75) is 117 Å². The Balaban J connectivity index is 1.42. The molecule has 0 aromatic heterocycles. The molecule has 5 nitrogen and oxygen atoms in total. The summed E-state index contributed by atoms with van der Waals surface area (Å²) in [5.41, 5.74) is 1.43. The van der Waals surface area contributed by atoms with Crippen molar-refractivity contribution in [1.29, 1.82) is 0 Å². The van der Waals surface area contributed by atoms with Gasteiger partial charge in [0.25, 0.3) is 5.91 Å². The third-order valence-corrected chi connectivity index (χ3v) is 7.48. The topological polar surface area (TPSA) is 61.4 Å². The lowest BCUT2D eigenvalue weighted by Crippen LogP contribution is -2.37. The largest absolute Gasteiger partial charge is 0.339 e. The Kier molecular flexibility index (Phi) is 16.2. The van der Waals surface area contributed by atoms with Gasteiger partial charge in [-0.3, -0.25) is 9.59 Å². The minimum absolute atomic E-state index is 0.0375. The zero-order valence-corrected chi connectivity index (χ0v) is 23.3. The van der Waals surface area contributed by atoms with Crippen molar-refractivity contribution >= 4 is 17.5 Å². The molecule has 1 aliphatic rings. The number of amides is 2. The number of unbranched alkanes of at least 4 members (excludes halogenated alkanes) is 13. The Morgan fingerprint density at radius 2 is 1.28 bits per heavy atom. The fraction of sp³-hybridized carbons (Fsp3) is 0.742. The summed E-state index contributed by atoms with van der Waals surface area (Å²) in [4.78, 5) is 26.8. The molecule has 1 aromatic rings. The van der Waals surface area contributed by atoms with Crippen molar-refractivity contribution < 1.29 is 9.59 Å². The van der Waals surface area contributed by atoms with Gasteiger partial charge >= 0.3 is 0 Å². The summed E-state index contributed by atoms with van der Waals surface area (Å²) in [6, 6.07) is 7.28. The van der Waals surface area contributed by atoms with Crippen molar-refractivity contribution in [3.8, 4) is 0 Å². The first-order chi connectivity index (χ1) is 17.6. The first kappa shape index (κ1) is 30.3. The average molecular weight is 500 g/mol. The highest BCUT2D eigenvalue weighted by molar-refractivity contribution is 5.96. The van der Waals surface area contributed by atoms with Crippen LogP contribution in [0.1, 0.15) is 127 Å². The van der Waals surface area contributed by atoms with Crippen LogP contribution in [0.3, 0.4) is 0 Å². The quantitative estimate of drug-likeness (QED) is 0.193. The number of hydrogen-bond acceptors (Lipinski definition) is 3. The molecule has 1 aliphatic heterocycles. The highest BCUT2D eigenvalue weighted by Gasteiger charge is 2.21. The van der Waals surface area contributed by atoms with Crippen molar-refractivity contribution in [2.75, 3.05) is 31.5 Å². The maximum Gasteiger partial charge on any atom is 0.253 e. The minimum Gasteiger partial charge on any atom is -0.339 e. The van der Waals surface area contributed by atoms with Crippen LogP contribution in [0.25, 0.3) is 0 Å². The van der Waals surface area contributed by atoms with Gasteiger partial charge in [0.1, 0.15) is 0 Å². The molecule has 0 aliphatic carbocycles. The lowest BCUT2D eigenvalue weighted by atomic mass is 9.98. The Labute approximate surface area is 221 Å². The molecular formula is C31H53N3O2. The second-order valence-corrected chi connectivity index (χ2v) is 10.9. The lowest BCUT2D eigenvalue weighted by Gasteiger charge is -2.30. The number of rotatable bonds is 19. The molecule has 5 heteroatoms. The summed E-state index contributed by atoms with van der Waals surface area (Å²) in [5.74, 6) is 0.758. The number of benzene rings is 1. The van der Waals surface area contributed by atoms with Crippen LogP contribution in [-0.2, 0) is 4.79 Å². The second kappa shape index (κ2) is 19.3. The normalized spacial score (nSPS) is 14.2. The van der Waals surface area contributed by atoms with Gasteiger partial charge < -0.3 is 15.5 Å². The predicted octanol–water partition coefficient (Wildman–Crippen LogP) is 7.57.